The molecule has 0 unspecified atom stereocenters. The fourth-order valence-corrected chi connectivity index (χ4v) is 3.21. The molecule has 6 heteroatoms. The number of hydrogen-bond acceptors (Lipinski definition) is 3. The summed E-state index contributed by atoms with van der Waals surface area (Å²) in [6.45, 7) is 4.08. The minimum Gasteiger partial charge on any atom is -0.508 e. The van der Waals surface area contributed by atoms with Crippen LogP contribution in [0.25, 0.3) is 0 Å². The van der Waals surface area contributed by atoms with Crippen LogP contribution in [-0.4, -0.2) is 19.8 Å². The quantitative estimate of drug-likeness (QED) is 0.888. The maximum Gasteiger partial charge on any atom is 0.120 e. The van der Waals surface area contributed by atoms with Gasteiger partial charge in [-0.2, -0.15) is 0 Å². The van der Waals surface area contributed by atoms with E-state index in [0.717, 1.165) is 5.82 Å². The number of rotatable bonds is 2. The summed E-state index contributed by atoms with van der Waals surface area (Å²) in [5.74, 6) is 1.07. The summed E-state index contributed by atoms with van der Waals surface area (Å²) >= 11 is 12.3. The minimum atomic E-state index is -0.956. The lowest BCUT2D eigenvalue weighted by atomic mass is 9.96. The third kappa shape index (κ3) is 2.52. The number of aliphatic hydroxyl groups is 1. The first kappa shape index (κ1) is 14.7. The van der Waals surface area contributed by atoms with Crippen molar-refractivity contribution in [2.24, 2.45) is 0 Å². The third-order valence-corrected chi connectivity index (χ3v) is 4.67. The molecule has 0 fully saturated rings. The molecule has 1 atom stereocenters. The van der Waals surface area contributed by atoms with Crippen LogP contribution < -0.4 is 0 Å². The highest BCUT2D eigenvalue weighted by molar-refractivity contribution is 6.42. The summed E-state index contributed by atoms with van der Waals surface area (Å²) < 4.78 is 1.99. The maximum absolute atomic E-state index is 10.1. The van der Waals surface area contributed by atoms with Crippen LogP contribution in [0.1, 0.15) is 36.8 Å². The first-order valence-electron chi connectivity index (χ1n) is 6.73. The summed E-state index contributed by atoms with van der Waals surface area (Å²) in [6.07, 6.45) is 2.51. The van der Waals surface area contributed by atoms with E-state index in [9.17, 15) is 10.2 Å². The Morgan fingerprint density at radius 2 is 2.05 bits per heavy atom. The van der Waals surface area contributed by atoms with Crippen LogP contribution in [0, 0.1) is 0 Å². The van der Waals surface area contributed by atoms with Crippen LogP contribution in [0.15, 0.2) is 18.3 Å². The van der Waals surface area contributed by atoms with Crippen molar-refractivity contribution in [1.29, 1.82) is 0 Å². The molecule has 3 rings (SSSR count). The molecule has 1 aromatic heterocycles. The zero-order chi connectivity index (χ0) is 15.4. The third-order valence-electron chi connectivity index (χ3n) is 3.85. The highest BCUT2D eigenvalue weighted by atomic mass is 35.5. The lowest BCUT2D eigenvalue weighted by molar-refractivity contribution is 0.0740. The van der Waals surface area contributed by atoms with Gasteiger partial charge in [0.15, 0.2) is 0 Å². The predicted octanol–water partition coefficient (Wildman–Crippen LogP) is 3.46. The fraction of sp³-hybridized carbons (Fsp3) is 0.400. The molecule has 0 saturated heterocycles. The maximum atomic E-state index is 10.1. The first-order valence-corrected chi connectivity index (χ1v) is 7.48. The topological polar surface area (TPSA) is 58.3 Å². The highest BCUT2D eigenvalue weighted by Gasteiger charge is 2.31. The summed E-state index contributed by atoms with van der Waals surface area (Å²) in [5.41, 5.74) is 0.361. The molecular weight excluding hydrogens is 311 g/mol. The van der Waals surface area contributed by atoms with Gasteiger partial charge in [-0.05, 0) is 26.0 Å². The molecule has 1 aliphatic rings. The van der Waals surface area contributed by atoms with Crippen molar-refractivity contribution in [2.45, 2.75) is 38.3 Å². The number of phenolic OH excluding ortho intramolecular Hbond substituents is 1. The van der Waals surface area contributed by atoms with E-state index in [1.165, 1.54) is 0 Å². The van der Waals surface area contributed by atoms with Gasteiger partial charge in [0.1, 0.15) is 17.2 Å². The van der Waals surface area contributed by atoms with Crippen molar-refractivity contribution in [3.63, 3.8) is 0 Å². The molecule has 21 heavy (non-hydrogen) atoms. The van der Waals surface area contributed by atoms with Crippen LogP contribution in [0.5, 0.6) is 5.75 Å². The lowest BCUT2D eigenvalue weighted by Gasteiger charge is -2.16. The summed E-state index contributed by atoms with van der Waals surface area (Å²) in [5, 5.41) is 20.9. The molecule has 0 saturated carbocycles. The monoisotopic (exact) mass is 326 g/mol. The van der Waals surface area contributed by atoms with Crippen LogP contribution in [0.3, 0.4) is 0 Å². The van der Waals surface area contributed by atoms with E-state index in [1.54, 1.807) is 26.0 Å². The molecular formula is C15H16Cl2N2O2. The molecule has 1 aliphatic heterocycles. The highest BCUT2D eigenvalue weighted by Crippen LogP contribution is 2.42. The first-order chi connectivity index (χ1) is 9.77. The predicted molar refractivity (Wildman–Crippen MR) is 82.0 cm³/mol. The second kappa shape index (κ2) is 4.90. The Bertz CT molecular complexity index is 681. The second-order valence-corrected chi connectivity index (χ2v) is 6.73. The zero-order valence-electron chi connectivity index (χ0n) is 11.8. The number of aromatic nitrogens is 2. The summed E-state index contributed by atoms with van der Waals surface area (Å²) in [6, 6.07) is 3.15. The molecule has 0 spiro atoms. The lowest BCUT2D eigenvalue weighted by Crippen LogP contribution is -2.16. The molecule has 2 aromatic rings. The number of fused-ring (bicyclic) bond motifs is 1. The van der Waals surface area contributed by atoms with Crippen molar-refractivity contribution < 1.29 is 10.2 Å². The van der Waals surface area contributed by atoms with E-state index in [-0.39, 0.29) is 11.7 Å². The number of aromatic hydroxyl groups is 1. The number of halogens is 2. The molecule has 4 nitrogen and oxygen atoms in total. The van der Waals surface area contributed by atoms with Crippen LogP contribution >= 0.6 is 23.2 Å². The van der Waals surface area contributed by atoms with Gasteiger partial charge in [0, 0.05) is 30.6 Å². The average molecular weight is 327 g/mol. The van der Waals surface area contributed by atoms with E-state index < -0.39 is 5.60 Å². The van der Waals surface area contributed by atoms with E-state index in [2.05, 4.69) is 4.98 Å². The minimum absolute atomic E-state index is 0.0366. The Balaban J connectivity index is 1.93. The molecule has 1 aromatic carbocycles. The largest absolute Gasteiger partial charge is 0.508 e. The number of nitrogens with zero attached hydrogens (tertiary/aromatic N) is 2. The van der Waals surface area contributed by atoms with E-state index in [4.69, 9.17) is 23.2 Å². The van der Waals surface area contributed by atoms with E-state index in [0.29, 0.717) is 34.3 Å². The fourth-order valence-electron chi connectivity index (χ4n) is 2.73. The van der Waals surface area contributed by atoms with Crippen molar-refractivity contribution in [2.75, 3.05) is 0 Å². The van der Waals surface area contributed by atoms with Crippen LogP contribution in [0.4, 0.5) is 0 Å². The molecule has 0 bridgehead atoms. The Morgan fingerprint density at radius 3 is 2.67 bits per heavy atom. The average Bonchev–Trinajstić information content (AvgIpc) is 2.92. The smallest absolute Gasteiger partial charge is 0.120 e. The van der Waals surface area contributed by atoms with Gasteiger partial charge in [-0.15, -0.1) is 0 Å². The van der Waals surface area contributed by atoms with Crippen LogP contribution in [0.2, 0.25) is 10.0 Å². The number of benzene rings is 1. The standard InChI is InChI=1S/C15H16Cl2N2O2/c1-15(2,21)11-7-19-6-8(5-12(19)18-11)13-10(20)4-3-9(16)14(13)17/h3-4,7-8,20-21H,5-6H2,1-2H3/t8-/m0/s1. The number of hydrogen-bond donors (Lipinski definition) is 2. The van der Waals surface area contributed by atoms with E-state index >= 15 is 0 Å². The second-order valence-electron chi connectivity index (χ2n) is 5.95. The number of imidazole rings is 1. The summed E-state index contributed by atoms with van der Waals surface area (Å²) in [4.78, 5) is 4.47. The van der Waals surface area contributed by atoms with Gasteiger partial charge in [0.2, 0.25) is 0 Å². The van der Waals surface area contributed by atoms with Crippen molar-refractivity contribution in [3.05, 3.63) is 45.5 Å². The van der Waals surface area contributed by atoms with Gasteiger partial charge >= 0.3 is 0 Å². The van der Waals surface area contributed by atoms with Crippen LogP contribution in [-0.2, 0) is 18.6 Å². The Hall–Kier alpha value is -1.23. The van der Waals surface area contributed by atoms with Gasteiger partial charge < -0.3 is 14.8 Å². The van der Waals surface area contributed by atoms with Gasteiger partial charge in [-0.3, -0.25) is 0 Å². The van der Waals surface area contributed by atoms with E-state index in [1.807, 2.05) is 10.8 Å². The molecule has 2 heterocycles. The summed E-state index contributed by atoms with van der Waals surface area (Å²) in [7, 11) is 0. The Morgan fingerprint density at radius 1 is 1.33 bits per heavy atom. The molecule has 0 aliphatic carbocycles. The SMILES string of the molecule is CC(C)(O)c1cn2c(n1)C[C@H](c1c(O)ccc(Cl)c1Cl)C2. The molecule has 0 radical (unpaired) electrons. The number of phenols is 1. The van der Waals surface area contributed by atoms with Gasteiger partial charge in [-0.25, -0.2) is 4.98 Å². The van der Waals surface area contributed by atoms with Gasteiger partial charge in [-0.1, -0.05) is 23.2 Å². The van der Waals surface area contributed by atoms with Crippen molar-refractivity contribution in [1.82, 2.24) is 9.55 Å². The van der Waals surface area contributed by atoms with Gasteiger partial charge in [0.25, 0.3) is 0 Å². The Kier molecular flexibility index (Phi) is 3.43. The Labute approximate surface area is 133 Å². The van der Waals surface area contributed by atoms with Crippen molar-refractivity contribution in [3.8, 4) is 5.75 Å². The normalized spacial score (nSPS) is 18.0. The van der Waals surface area contributed by atoms with Crippen molar-refractivity contribution >= 4 is 23.2 Å². The van der Waals surface area contributed by atoms with Gasteiger partial charge in [0.05, 0.1) is 15.7 Å². The molecule has 2 N–H and O–H groups in total. The zero-order valence-corrected chi connectivity index (χ0v) is 13.3. The molecule has 112 valence electrons. The molecule has 0 amide bonds.